The third-order valence-electron chi connectivity index (χ3n) is 3.83. The van der Waals surface area contributed by atoms with Crippen LogP contribution in [0.15, 0.2) is 35.3 Å². The fourth-order valence-corrected chi connectivity index (χ4v) is 3.56. The summed E-state index contributed by atoms with van der Waals surface area (Å²) in [6.07, 6.45) is -0.305. The molecule has 0 aromatic heterocycles. The monoisotopic (exact) mass is 502 g/mol. The largest absolute Gasteiger partial charge is 0.445 e. The molecule has 0 aliphatic carbocycles. The van der Waals surface area contributed by atoms with E-state index in [0.29, 0.717) is 6.42 Å². The van der Waals surface area contributed by atoms with Gasteiger partial charge in [0.05, 0.1) is 18.7 Å². The van der Waals surface area contributed by atoms with Gasteiger partial charge in [0, 0.05) is 6.54 Å². The number of hydrogen-bond donors (Lipinski definition) is 4. The number of alkyl halides is 3. The van der Waals surface area contributed by atoms with Gasteiger partial charge < -0.3 is 20.5 Å². The van der Waals surface area contributed by atoms with Crippen LogP contribution in [0.2, 0.25) is 0 Å². The maximum absolute atomic E-state index is 12.0. The molecule has 1 aromatic carbocycles. The predicted octanol–water partition coefficient (Wildman–Crippen LogP) is 1.21. The van der Waals surface area contributed by atoms with Gasteiger partial charge in [-0.25, -0.2) is 13.7 Å². The summed E-state index contributed by atoms with van der Waals surface area (Å²) in [6, 6.07) is 7.80. The van der Waals surface area contributed by atoms with Crippen LogP contribution in [0.3, 0.4) is 0 Å². The lowest BCUT2D eigenvalue weighted by Crippen LogP contribution is -2.58. The summed E-state index contributed by atoms with van der Waals surface area (Å²) >= 11 is 16.4. The van der Waals surface area contributed by atoms with E-state index < -0.39 is 45.5 Å². The fourth-order valence-electron chi connectivity index (χ4n) is 2.45. The number of benzene rings is 1. The molecule has 10 nitrogen and oxygen atoms in total. The van der Waals surface area contributed by atoms with Crippen molar-refractivity contribution < 1.29 is 27.2 Å². The summed E-state index contributed by atoms with van der Waals surface area (Å²) in [5, 5.41) is 15.0. The number of ether oxygens (including phenoxy) is 1. The first-order chi connectivity index (χ1) is 14.1. The number of aliphatic hydroxyl groups excluding tert-OH is 1. The fraction of sp³-hybridized carbons (Fsp3) is 0.500. The minimum Gasteiger partial charge on any atom is -0.445 e. The van der Waals surface area contributed by atoms with E-state index in [1.807, 2.05) is 18.2 Å². The van der Waals surface area contributed by atoms with Gasteiger partial charge in [0.15, 0.2) is 0 Å². The van der Waals surface area contributed by atoms with Crippen molar-refractivity contribution in [2.45, 2.75) is 28.9 Å². The van der Waals surface area contributed by atoms with Gasteiger partial charge >= 0.3 is 16.4 Å². The molecule has 0 spiro atoms. The van der Waals surface area contributed by atoms with Crippen molar-refractivity contribution in [2.24, 2.45) is 4.99 Å². The zero-order valence-corrected chi connectivity index (χ0v) is 18.6. The second-order valence-corrected chi connectivity index (χ2v) is 10.1. The lowest BCUT2D eigenvalue weighted by atomic mass is 10.0. The summed E-state index contributed by atoms with van der Waals surface area (Å²) < 4.78 is 33.7. The van der Waals surface area contributed by atoms with E-state index in [9.17, 15) is 18.3 Å². The molecule has 1 heterocycles. The highest BCUT2D eigenvalue weighted by molar-refractivity contribution is 7.85. The lowest BCUT2D eigenvalue weighted by molar-refractivity contribution is 0.124. The highest BCUT2D eigenvalue weighted by Gasteiger charge is 2.29. The van der Waals surface area contributed by atoms with E-state index in [1.165, 1.54) is 0 Å². The van der Waals surface area contributed by atoms with Crippen LogP contribution in [-0.2, 0) is 25.8 Å². The van der Waals surface area contributed by atoms with Gasteiger partial charge in [-0.1, -0.05) is 65.1 Å². The zero-order chi connectivity index (χ0) is 22.2. The molecule has 0 saturated heterocycles. The van der Waals surface area contributed by atoms with Crippen LogP contribution in [0, 0.1) is 0 Å². The molecule has 14 heteroatoms. The molecule has 0 fully saturated rings. The second kappa shape index (κ2) is 11.2. The Hall–Kier alpha value is -1.50. The smallest absolute Gasteiger partial charge is 0.407 e. The van der Waals surface area contributed by atoms with E-state index >= 15 is 0 Å². The van der Waals surface area contributed by atoms with Crippen molar-refractivity contribution in [2.75, 3.05) is 19.8 Å². The minimum atomic E-state index is -4.30. The number of aliphatic imine (C=N–C) groups is 1. The molecule has 0 radical (unpaired) electrons. The highest BCUT2D eigenvalue weighted by Crippen LogP contribution is 2.26. The number of hydrogen-bond acceptors (Lipinski definition) is 8. The minimum absolute atomic E-state index is 0.0654. The Labute approximate surface area is 189 Å². The normalized spacial score (nSPS) is 18.0. The second-order valence-electron chi connectivity index (χ2n) is 6.20. The first-order valence-electron chi connectivity index (χ1n) is 8.71. The van der Waals surface area contributed by atoms with E-state index in [4.69, 9.17) is 39.5 Å². The number of alkyl carbamates (subject to hydrolysis) is 1. The standard InChI is InChI=1S/C16H21Cl3N4O6S/c17-16(18,19)10-29-30(26,27)23-14-20-7-6-12(21-14)13(8-24)22-15(25)28-9-11-4-2-1-3-5-11/h1-5,12-13,24H,6-10H2,(H,22,25)(H2,20,21,23)/t12-,13-/m1/s1. The summed E-state index contributed by atoms with van der Waals surface area (Å²) in [4.78, 5) is 16.0. The van der Waals surface area contributed by atoms with Gasteiger partial charge in [-0.2, -0.15) is 8.42 Å². The van der Waals surface area contributed by atoms with Gasteiger partial charge in [0.2, 0.25) is 9.75 Å². The number of nitrogens with zero attached hydrogens (tertiary/aromatic N) is 1. The molecule has 2 atom stereocenters. The Bertz CT molecular complexity index is 835. The molecular formula is C16H21Cl3N4O6S. The topological polar surface area (TPSA) is 138 Å². The molecule has 1 amide bonds. The van der Waals surface area contributed by atoms with E-state index in [1.54, 1.807) is 12.1 Å². The van der Waals surface area contributed by atoms with Crippen molar-refractivity contribution in [1.82, 2.24) is 15.4 Å². The summed E-state index contributed by atoms with van der Waals surface area (Å²) in [5.41, 5.74) is 0.808. The summed E-state index contributed by atoms with van der Waals surface area (Å²) in [6.45, 7) is -0.813. The van der Waals surface area contributed by atoms with Crippen molar-refractivity contribution in [3.05, 3.63) is 35.9 Å². The van der Waals surface area contributed by atoms with Crippen LogP contribution in [0.5, 0.6) is 0 Å². The summed E-state index contributed by atoms with van der Waals surface area (Å²) in [7, 11) is -4.30. The van der Waals surface area contributed by atoms with Crippen LogP contribution in [0.4, 0.5) is 4.79 Å². The average molecular weight is 504 g/mol. The molecule has 0 bridgehead atoms. The van der Waals surface area contributed by atoms with Gasteiger partial charge in [-0.3, -0.25) is 4.99 Å². The molecule has 1 aliphatic rings. The Kier molecular flexibility index (Phi) is 9.26. The number of nitrogens with one attached hydrogen (secondary N) is 3. The SMILES string of the molecule is O=C(N[C@H](CO)[C@H]1CCN=C(NS(=O)(=O)OCC(Cl)(Cl)Cl)N1)OCc1ccccc1. The highest BCUT2D eigenvalue weighted by atomic mass is 35.6. The number of aliphatic hydroxyl groups is 1. The van der Waals surface area contributed by atoms with Crippen LogP contribution in [-0.4, -0.2) is 61.2 Å². The van der Waals surface area contributed by atoms with Crippen LogP contribution in [0.25, 0.3) is 0 Å². The van der Waals surface area contributed by atoms with Crippen molar-refractivity contribution in [1.29, 1.82) is 0 Å². The van der Waals surface area contributed by atoms with Gasteiger partial charge in [-0.15, -0.1) is 0 Å². The van der Waals surface area contributed by atoms with Crippen LogP contribution >= 0.6 is 34.8 Å². The zero-order valence-electron chi connectivity index (χ0n) is 15.6. The molecule has 0 saturated carbocycles. The third kappa shape index (κ3) is 9.11. The predicted molar refractivity (Wildman–Crippen MR) is 113 cm³/mol. The van der Waals surface area contributed by atoms with E-state index in [2.05, 4.69) is 24.5 Å². The van der Waals surface area contributed by atoms with Crippen molar-refractivity contribution in [3.63, 3.8) is 0 Å². The van der Waals surface area contributed by atoms with E-state index in [0.717, 1.165) is 5.56 Å². The van der Waals surface area contributed by atoms with Gasteiger partial charge in [0.1, 0.15) is 13.2 Å². The quantitative estimate of drug-likeness (QED) is 0.391. The van der Waals surface area contributed by atoms with Crippen molar-refractivity contribution in [3.8, 4) is 0 Å². The Balaban J connectivity index is 1.87. The molecule has 1 aliphatic heterocycles. The molecule has 4 N–H and O–H groups in total. The maximum atomic E-state index is 12.0. The number of guanidine groups is 1. The maximum Gasteiger partial charge on any atom is 0.407 e. The number of carbonyl (C=O) groups excluding carboxylic acids is 1. The summed E-state index contributed by atoms with van der Waals surface area (Å²) in [5.74, 6) is -0.131. The average Bonchev–Trinajstić information content (AvgIpc) is 2.69. The molecule has 0 unspecified atom stereocenters. The Morgan fingerprint density at radius 3 is 2.67 bits per heavy atom. The van der Waals surface area contributed by atoms with Gasteiger partial charge in [-0.05, 0) is 12.0 Å². The molecular weight excluding hydrogens is 483 g/mol. The number of carbonyl (C=O) groups is 1. The number of amides is 1. The molecule has 1 aromatic rings. The molecule has 168 valence electrons. The Morgan fingerprint density at radius 1 is 1.33 bits per heavy atom. The number of halogens is 3. The number of rotatable bonds is 8. The first kappa shape index (κ1) is 24.8. The van der Waals surface area contributed by atoms with Gasteiger partial charge in [0.25, 0.3) is 0 Å². The van der Waals surface area contributed by atoms with Crippen molar-refractivity contribution >= 4 is 57.2 Å². The Morgan fingerprint density at radius 2 is 2.03 bits per heavy atom. The van der Waals surface area contributed by atoms with Crippen LogP contribution < -0.4 is 15.4 Å². The lowest BCUT2D eigenvalue weighted by Gasteiger charge is -2.30. The first-order valence-corrected chi connectivity index (χ1v) is 11.2. The third-order valence-corrected chi connectivity index (χ3v) is 5.03. The van der Waals surface area contributed by atoms with E-state index in [-0.39, 0.29) is 19.1 Å². The molecule has 2 rings (SSSR count). The van der Waals surface area contributed by atoms with Crippen LogP contribution in [0.1, 0.15) is 12.0 Å². The molecule has 30 heavy (non-hydrogen) atoms.